The van der Waals surface area contributed by atoms with E-state index >= 15 is 0 Å². The van der Waals surface area contributed by atoms with E-state index in [2.05, 4.69) is 15.2 Å². The molecular formula is C22H20FN5O2. The SMILES string of the molecule is Cc1nc(-c2ccc(-c3cccc4c(C(=O)N5CCCCC5)cnn34)cc2F)no1. The summed E-state index contributed by atoms with van der Waals surface area (Å²) in [4.78, 5) is 18.9. The molecular weight excluding hydrogens is 385 g/mol. The number of amides is 1. The zero-order chi connectivity index (χ0) is 20.7. The summed E-state index contributed by atoms with van der Waals surface area (Å²) in [7, 11) is 0. The molecule has 7 nitrogen and oxygen atoms in total. The van der Waals surface area contributed by atoms with Crippen LogP contribution in [-0.2, 0) is 0 Å². The topological polar surface area (TPSA) is 76.5 Å². The van der Waals surface area contributed by atoms with Gasteiger partial charge in [-0.25, -0.2) is 8.91 Å². The van der Waals surface area contributed by atoms with Crippen molar-refractivity contribution in [2.24, 2.45) is 0 Å². The van der Waals surface area contributed by atoms with Crippen LogP contribution in [0.1, 0.15) is 35.5 Å². The molecule has 4 aromatic rings. The molecule has 8 heteroatoms. The highest BCUT2D eigenvalue weighted by Crippen LogP contribution is 2.28. The highest BCUT2D eigenvalue weighted by atomic mass is 19.1. The first-order chi connectivity index (χ1) is 14.6. The van der Waals surface area contributed by atoms with Crippen molar-refractivity contribution in [3.05, 3.63) is 59.9 Å². The van der Waals surface area contributed by atoms with Crippen LogP contribution in [0.2, 0.25) is 0 Å². The largest absolute Gasteiger partial charge is 0.339 e. The van der Waals surface area contributed by atoms with Crippen LogP contribution in [0, 0.1) is 12.7 Å². The first-order valence-electron chi connectivity index (χ1n) is 9.98. The Morgan fingerprint density at radius 1 is 1.13 bits per heavy atom. The lowest BCUT2D eigenvalue weighted by Crippen LogP contribution is -2.35. The van der Waals surface area contributed by atoms with Crippen LogP contribution in [0.15, 0.2) is 47.1 Å². The van der Waals surface area contributed by atoms with Gasteiger partial charge >= 0.3 is 0 Å². The average molecular weight is 405 g/mol. The van der Waals surface area contributed by atoms with E-state index < -0.39 is 5.82 Å². The van der Waals surface area contributed by atoms with Gasteiger partial charge in [0.05, 0.1) is 28.5 Å². The van der Waals surface area contributed by atoms with Crippen LogP contribution in [0.5, 0.6) is 0 Å². The molecule has 0 spiro atoms. The van der Waals surface area contributed by atoms with Crippen molar-refractivity contribution >= 4 is 11.4 Å². The molecule has 4 heterocycles. The molecule has 0 bridgehead atoms. The molecule has 1 aliphatic heterocycles. The summed E-state index contributed by atoms with van der Waals surface area (Å²) in [5, 5.41) is 8.21. The Morgan fingerprint density at radius 3 is 2.70 bits per heavy atom. The standard InChI is InChI=1S/C22H20FN5O2/c1-14-25-21(26-30-14)16-9-8-15(12-18(16)23)19-6-5-7-20-17(13-24-28(19)20)22(29)27-10-3-2-4-11-27/h5-9,12-13H,2-4,10-11H2,1H3. The van der Waals surface area contributed by atoms with E-state index in [9.17, 15) is 9.18 Å². The number of halogens is 1. The number of benzene rings is 1. The maximum Gasteiger partial charge on any atom is 0.257 e. The van der Waals surface area contributed by atoms with Gasteiger partial charge in [-0.05, 0) is 43.5 Å². The second-order valence-electron chi connectivity index (χ2n) is 7.45. The Kier molecular flexibility index (Phi) is 4.54. The molecule has 152 valence electrons. The molecule has 5 rings (SSSR count). The highest BCUT2D eigenvalue weighted by Gasteiger charge is 2.22. The van der Waals surface area contributed by atoms with Gasteiger partial charge in [0.15, 0.2) is 0 Å². The third kappa shape index (κ3) is 3.14. The Morgan fingerprint density at radius 2 is 1.97 bits per heavy atom. The first kappa shape index (κ1) is 18.5. The van der Waals surface area contributed by atoms with E-state index in [1.807, 2.05) is 23.1 Å². The average Bonchev–Trinajstić information content (AvgIpc) is 3.40. The Labute approximate surface area is 172 Å². The molecule has 1 saturated heterocycles. The predicted octanol–water partition coefficient (Wildman–Crippen LogP) is 4.12. The number of hydrogen-bond acceptors (Lipinski definition) is 5. The van der Waals surface area contributed by atoms with Gasteiger partial charge in [-0.15, -0.1) is 0 Å². The highest BCUT2D eigenvalue weighted by molar-refractivity contribution is 6.01. The Bertz CT molecular complexity index is 1240. The molecule has 0 atom stereocenters. The van der Waals surface area contributed by atoms with Crippen molar-refractivity contribution in [3.8, 4) is 22.6 Å². The number of rotatable bonds is 3. The van der Waals surface area contributed by atoms with Crippen LogP contribution < -0.4 is 0 Å². The van der Waals surface area contributed by atoms with Gasteiger partial charge < -0.3 is 9.42 Å². The fraction of sp³-hybridized carbons (Fsp3) is 0.273. The summed E-state index contributed by atoms with van der Waals surface area (Å²) in [6.45, 7) is 3.21. The number of aryl methyl sites for hydroxylation is 1. The van der Waals surface area contributed by atoms with E-state index in [0.717, 1.165) is 32.4 Å². The molecule has 1 aliphatic rings. The van der Waals surface area contributed by atoms with Gasteiger partial charge in [0, 0.05) is 25.6 Å². The van der Waals surface area contributed by atoms with Gasteiger partial charge in [-0.1, -0.05) is 17.3 Å². The Balaban J connectivity index is 1.53. The minimum Gasteiger partial charge on any atom is -0.339 e. The molecule has 0 unspecified atom stereocenters. The summed E-state index contributed by atoms with van der Waals surface area (Å²) in [5.74, 6) is 0.127. The van der Waals surface area contributed by atoms with Crippen LogP contribution in [-0.4, -0.2) is 43.7 Å². The molecule has 0 N–H and O–H groups in total. The summed E-state index contributed by atoms with van der Waals surface area (Å²) in [5.41, 5.74) is 2.88. The van der Waals surface area contributed by atoms with Gasteiger partial charge in [-0.2, -0.15) is 10.1 Å². The number of piperidine rings is 1. The molecule has 1 amide bonds. The van der Waals surface area contributed by atoms with Crippen molar-refractivity contribution in [2.75, 3.05) is 13.1 Å². The van der Waals surface area contributed by atoms with Gasteiger partial charge in [0.2, 0.25) is 11.7 Å². The molecule has 0 aliphatic carbocycles. The molecule has 1 aromatic carbocycles. The maximum absolute atomic E-state index is 14.8. The van der Waals surface area contributed by atoms with Crippen LogP contribution in [0.3, 0.4) is 0 Å². The molecule has 0 saturated carbocycles. The quantitative estimate of drug-likeness (QED) is 0.512. The van der Waals surface area contributed by atoms with Crippen molar-refractivity contribution in [1.82, 2.24) is 24.7 Å². The maximum atomic E-state index is 14.8. The molecule has 1 fully saturated rings. The van der Waals surface area contributed by atoms with Gasteiger partial charge in [0.25, 0.3) is 5.91 Å². The first-order valence-corrected chi connectivity index (χ1v) is 9.98. The van der Waals surface area contributed by atoms with E-state index in [0.29, 0.717) is 28.2 Å². The van der Waals surface area contributed by atoms with Crippen LogP contribution in [0.25, 0.3) is 28.2 Å². The lowest BCUT2D eigenvalue weighted by molar-refractivity contribution is 0.0726. The summed E-state index contributed by atoms with van der Waals surface area (Å²) in [6.07, 6.45) is 4.82. The monoisotopic (exact) mass is 405 g/mol. The number of nitrogens with zero attached hydrogens (tertiary/aromatic N) is 5. The van der Waals surface area contributed by atoms with Crippen molar-refractivity contribution in [1.29, 1.82) is 0 Å². The lowest BCUT2D eigenvalue weighted by Gasteiger charge is -2.26. The van der Waals surface area contributed by atoms with E-state index in [1.54, 1.807) is 29.8 Å². The fourth-order valence-corrected chi connectivity index (χ4v) is 3.93. The van der Waals surface area contributed by atoms with E-state index in [1.165, 1.54) is 6.07 Å². The van der Waals surface area contributed by atoms with Gasteiger partial charge in [-0.3, -0.25) is 4.79 Å². The molecule has 30 heavy (non-hydrogen) atoms. The van der Waals surface area contributed by atoms with E-state index in [-0.39, 0.29) is 17.3 Å². The zero-order valence-corrected chi connectivity index (χ0v) is 16.5. The number of carbonyl (C=O) groups excluding carboxylic acids is 1. The smallest absolute Gasteiger partial charge is 0.257 e. The number of aromatic nitrogens is 4. The second-order valence-corrected chi connectivity index (χ2v) is 7.45. The third-order valence-corrected chi connectivity index (χ3v) is 5.45. The molecule has 3 aromatic heterocycles. The van der Waals surface area contributed by atoms with Crippen LogP contribution >= 0.6 is 0 Å². The minimum atomic E-state index is -0.456. The summed E-state index contributed by atoms with van der Waals surface area (Å²) >= 11 is 0. The van der Waals surface area contributed by atoms with E-state index in [4.69, 9.17) is 4.52 Å². The second kappa shape index (κ2) is 7.37. The molecule has 0 radical (unpaired) electrons. The number of likely N-dealkylation sites (tertiary alicyclic amines) is 1. The predicted molar refractivity (Wildman–Crippen MR) is 108 cm³/mol. The zero-order valence-electron chi connectivity index (χ0n) is 16.5. The van der Waals surface area contributed by atoms with Crippen molar-refractivity contribution in [3.63, 3.8) is 0 Å². The minimum absolute atomic E-state index is 0.00384. The lowest BCUT2D eigenvalue weighted by atomic mass is 10.1. The normalized spacial score (nSPS) is 14.4. The van der Waals surface area contributed by atoms with Crippen molar-refractivity contribution < 1.29 is 13.7 Å². The summed E-state index contributed by atoms with van der Waals surface area (Å²) in [6, 6.07) is 10.4. The fourth-order valence-electron chi connectivity index (χ4n) is 3.93. The van der Waals surface area contributed by atoms with Crippen LogP contribution in [0.4, 0.5) is 4.39 Å². The summed E-state index contributed by atoms with van der Waals surface area (Å²) < 4.78 is 21.4. The number of fused-ring (bicyclic) bond motifs is 1. The van der Waals surface area contributed by atoms with Crippen molar-refractivity contribution in [2.45, 2.75) is 26.2 Å². The number of carbonyl (C=O) groups is 1. The van der Waals surface area contributed by atoms with Gasteiger partial charge in [0.1, 0.15) is 5.82 Å². The number of hydrogen-bond donors (Lipinski definition) is 0. The Hall–Kier alpha value is -3.55. The third-order valence-electron chi connectivity index (χ3n) is 5.45. The number of pyridine rings is 1.